The smallest absolute Gasteiger partial charge is 0.251 e. The number of benzene rings is 1. The second-order valence-corrected chi connectivity index (χ2v) is 8.54. The van der Waals surface area contributed by atoms with E-state index in [0.717, 1.165) is 31.2 Å². The number of hydrogen-bond acceptors (Lipinski definition) is 3. The van der Waals surface area contributed by atoms with Crippen LogP contribution in [0.1, 0.15) is 48.0 Å². The number of halogens is 1. The fourth-order valence-corrected chi connectivity index (χ4v) is 4.48. The number of aliphatic imine (C=N–C) groups is 1. The molecule has 29 heavy (non-hydrogen) atoms. The molecule has 1 spiro atoms. The minimum atomic E-state index is -0.0178. The van der Waals surface area contributed by atoms with E-state index in [-0.39, 0.29) is 29.9 Å². The first-order chi connectivity index (χ1) is 13.5. The second-order valence-electron chi connectivity index (χ2n) is 8.54. The lowest BCUT2D eigenvalue weighted by Crippen LogP contribution is -2.40. The Morgan fingerprint density at radius 1 is 1.21 bits per heavy atom. The van der Waals surface area contributed by atoms with Crippen molar-refractivity contribution in [3.05, 3.63) is 35.4 Å². The van der Waals surface area contributed by atoms with E-state index >= 15 is 0 Å². The molecule has 1 aromatic carbocycles. The second kappa shape index (κ2) is 11.2. The van der Waals surface area contributed by atoms with Crippen molar-refractivity contribution in [2.45, 2.75) is 38.6 Å². The average Bonchev–Trinajstić information content (AvgIpc) is 3.32. The Bertz CT molecular complexity index is 700. The SMILES string of the molecule is CN=C(NCc1cccc(C(=O)NCCN(C)C)c1)N1CCC2(CCCC2)C1.I. The number of nitrogens with zero attached hydrogens (tertiary/aromatic N) is 3. The van der Waals surface area contributed by atoms with Crippen LogP contribution >= 0.6 is 24.0 Å². The first-order valence-electron chi connectivity index (χ1n) is 10.5. The molecule has 1 aliphatic carbocycles. The maximum atomic E-state index is 12.3. The van der Waals surface area contributed by atoms with E-state index in [4.69, 9.17) is 0 Å². The van der Waals surface area contributed by atoms with Gasteiger partial charge in [0.05, 0.1) is 0 Å². The summed E-state index contributed by atoms with van der Waals surface area (Å²) in [6.07, 6.45) is 6.78. The van der Waals surface area contributed by atoms with E-state index in [0.29, 0.717) is 24.1 Å². The molecule has 0 aromatic heterocycles. The molecule has 2 N–H and O–H groups in total. The van der Waals surface area contributed by atoms with Gasteiger partial charge in [-0.15, -0.1) is 24.0 Å². The fourth-order valence-electron chi connectivity index (χ4n) is 4.48. The predicted molar refractivity (Wildman–Crippen MR) is 130 cm³/mol. The van der Waals surface area contributed by atoms with Crippen LogP contribution < -0.4 is 10.6 Å². The number of hydrogen-bond donors (Lipinski definition) is 2. The van der Waals surface area contributed by atoms with Gasteiger partial charge in [0, 0.05) is 45.3 Å². The molecule has 1 amide bonds. The Labute approximate surface area is 192 Å². The van der Waals surface area contributed by atoms with Crippen LogP contribution in [0.2, 0.25) is 0 Å². The van der Waals surface area contributed by atoms with E-state index in [9.17, 15) is 4.79 Å². The third-order valence-corrected chi connectivity index (χ3v) is 6.10. The van der Waals surface area contributed by atoms with Gasteiger partial charge in [0.15, 0.2) is 5.96 Å². The molecule has 1 aromatic rings. The summed E-state index contributed by atoms with van der Waals surface area (Å²) >= 11 is 0. The largest absolute Gasteiger partial charge is 0.352 e. The van der Waals surface area contributed by atoms with Crippen molar-refractivity contribution < 1.29 is 4.79 Å². The van der Waals surface area contributed by atoms with Gasteiger partial charge in [-0.3, -0.25) is 9.79 Å². The van der Waals surface area contributed by atoms with Gasteiger partial charge in [-0.05, 0) is 56.5 Å². The summed E-state index contributed by atoms with van der Waals surface area (Å²) in [5.74, 6) is 0.959. The molecule has 0 bridgehead atoms. The van der Waals surface area contributed by atoms with Gasteiger partial charge < -0.3 is 20.4 Å². The lowest BCUT2D eigenvalue weighted by Gasteiger charge is -2.26. The maximum Gasteiger partial charge on any atom is 0.251 e. The van der Waals surface area contributed by atoms with Crippen molar-refractivity contribution in [2.24, 2.45) is 10.4 Å². The Morgan fingerprint density at radius 3 is 2.66 bits per heavy atom. The van der Waals surface area contributed by atoms with Crippen LogP contribution in [0.3, 0.4) is 0 Å². The van der Waals surface area contributed by atoms with Gasteiger partial charge in [0.25, 0.3) is 5.91 Å². The van der Waals surface area contributed by atoms with Crippen LogP contribution in [0.25, 0.3) is 0 Å². The summed E-state index contributed by atoms with van der Waals surface area (Å²) in [4.78, 5) is 21.3. The number of likely N-dealkylation sites (N-methyl/N-ethyl adjacent to an activating group) is 1. The van der Waals surface area contributed by atoms with E-state index in [1.54, 1.807) is 0 Å². The van der Waals surface area contributed by atoms with Crippen molar-refractivity contribution in [3.8, 4) is 0 Å². The van der Waals surface area contributed by atoms with Crippen LogP contribution in [0.15, 0.2) is 29.3 Å². The van der Waals surface area contributed by atoms with Crippen molar-refractivity contribution in [3.63, 3.8) is 0 Å². The van der Waals surface area contributed by atoms with E-state index in [1.165, 1.54) is 32.1 Å². The number of guanidine groups is 1. The first kappa shape index (κ1) is 23.9. The zero-order valence-corrected chi connectivity index (χ0v) is 20.4. The van der Waals surface area contributed by atoms with Crippen LogP contribution in [0.5, 0.6) is 0 Å². The summed E-state index contributed by atoms with van der Waals surface area (Å²) in [6, 6.07) is 7.84. The molecule has 1 saturated carbocycles. The van der Waals surface area contributed by atoms with E-state index in [1.807, 2.05) is 39.3 Å². The van der Waals surface area contributed by atoms with E-state index < -0.39 is 0 Å². The molecule has 3 rings (SSSR count). The Morgan fingerprint density at radius 2 is 1.97 bits per heavy atom. The summed E-state index contributed by atoms with van der Waals surface area (Å²) in [7, 11) is 5.86. The minimum absolute atomic E-state index is 0. The summed E-state index contributed by atoms with van der Waals surface area (Å²) < 4.78 is 0. The highest BCUT2D eigenvalue weighted by atomic mass is 127. The molecule has 2 aliphatic rings. The molecule has 1 saturated heterocycles. The van der Waals surface area contributed by atoms with Crippen LogP contribution in [-0.2, 0) is 6.54 Å². The monoisotopic (exact) mass is 513 g/mol. The zero-order valence-electron chi connectivity index (χ0n) is 18.0. The number of rotatable bonds is 6. The van der Waals surface area contributed by atoms with Gasteiger partial charge in [0.2, 0.25) is 0 Å². The van der Waals surface area contributed by atoms with E-state index in [2.05, 4.69) is 31.5 Å². The molecule has 6 nitrogen and oxygen atoms in total. The van der Waals surface area contributed by atoms with Gasteiger partial charge in [0.1, 0.15) is 0 Å². The Kier molecular flexibility index (Phi) is 9.20. The number of carbonyl (C=O) groups excluding carboxylic acids is 1. The van der Waals surface area contributed by atoms with Gasteiger partial charge in [-0.25, -0.2) is 0 Å². The first-order valence-corrected chi connectivity index (χ1v) is 10.5. The lowest BCUT2D eigenvalue weighted by molar-refractivity contribution is 0.0951. The maximum absolute atomic E-state index is 12.3. The molecule has 0 unspecified atom stereocenters. The number of carbonyl (C=O) groups is 1. The minimum Gasteiger partial charge on any atom is -0.352 e. The third-order valence-electron chi connectivity index (χ3n) is 6.10. The average molecular weight is 513 g/mol. The summed E-state index contributed by atoms with van der Waals surface area (Å²) in [5, 5.41) is 6.47. The molecule has 2 fully saturated rings. The highest BCUT2D eigenvalue weighted by Crippen LogP contribution is 2.45. The lowest BCUT2D eigenvalue weighted by atomic mass is 9.86. The molecule has 162 valence electrons. The molecule has 0 atom stereocenters. The summed E-state index contributed by atoms with van der Waals surface area (Å²) in [5.41, 5.74) is 2.33. The van der Waals surface area contributed by atoms with Crippen LogP contribution in [-0.4, -0.2) is 69.0 Å². The number of amides is 1. The Hall–Kier alpha value is -1.35. The van der Waals surface area contributed by atoms with Crippen molar-refractivity contribution in [1.82, 2.24) is 20.4 Å². The quantitative estimate of drug-likeness (QED) is 0.349. The van der Waals surface area contributed by atoms with Crippen molar-refractivity contribution in [2.75, 3.05) is 47.3 Å². The summed E-state index contributed by atoms with van der Waals surface area (Å²) in [6.45, 7) is 4.38. The fraction of sp³-hybridized carbons (Fsp3) is 0.636. The predicted octanol–water partition coefficient (Wildman–Crippen LogP) is 2.94. The highest BCUT2D eigenvalue weighted by Gasteiger charge is 2.41. The molecular weight excluding hydrogens is 477 g/mol. The number of likely N-dealkylation sites (tertiary alicyclic amines) is 1. The number of nitrogens with one attached hydrogen (secondary N) is 2. The third kappa shape index (κ3) is 6.57. The molecule has 1 aliphatic heterocycles. The van der Waals surface area contributed by atoms with Crippen LogP contribution in [0, 0.1) is 5.41 Å². The molecular formula is C22H36IN5O. The topological polar surface area (TPSA) is 60.0 Å². The van der Waals surface area contributed by atoms with Gasteiger partial charge in [-0.2, -0.15) is 0 Å². The zero-order chi connectivity index (χ0) is 20.0. The molecule has 1 heterocycles. The van der Waals surface area contributed by atoms with Crippen molar-refractivity contribution >= 4 is 35.8 Å². The Balaban J connectivity index is 0.00000300. The van der Waals surface area contributed by atoms with Gasteiger partial charge >= 0.3 is 0 Å². The molecule has 0 radical (unpaired) electrons. The van der Waals surface area contributed by atoms with Crippen LogP contribution in [0.4, 0.5) is 0 Å². The molecule has 7 heteroatoms. The highest BCUT2D eigenvalue weighted by molar-refractivity contribution is 14.0. The standard InChI is InChI=1S/C22H35N5O.HI/c1-23-21(27-13-11-22(17-27)9-4-5-10-22)25-16-18-7-6-8-19(15-18)20(28)24-12-14-26(2)3;/h6-8,15H,4-5,9-14,16-17H2,1-3H3,(H,23,25)(H,24,28);1H. The normalized spacial score (nSPS) is 18.2. The van der Waals surface area contributed by atoms with Crippen molar-refractivity contribution in [1.29, 1.82) is 0 Å². The van der Waals surface area contributed by atoms with Gasteiger partial charge in [-0.1, -0.05) is 25.0 Å².